The lowest BCUT2D eigenvalue weighted by Gasteiger charge is -2.16. The van der Waals surface area contributed by atoms with Gasteiger partial charge < -0.3 is 10.4 Å². The van der Waals surface area contributed by atoms with Gasteiger partial charge in [0.25, 0.3) is 5.91 Å². The summed E-state index contributed by atoms with van der Waals surface area (Å²) in [5.74, 6) is 5.11. The predicted octanol–water partition coefficient (Wildman–Crippen LogP) is 0.861. The van der Waals surface area contributed by atoms with Crippen LogP contribution in [0.3, 0.4) is 0 Å². The van der Waals surface area contributed by atoms with E-state index in [1.165, 1.54) is 4.90 Å². The molecule has 1 aromatic carbocycles. The summed E-state index contributed by atoms with van der Waals surface area (Å²) in [5.41, 5.74) is 0.699. The predicted molar refractivity (Wildman–Crippen MR) is 73.6 cm³/mol. The first-order valence-electron chi connectivity index (χ1n) is 6.27. The number of amides is 3. The number of imide groups is 1. The third kappa shape index (κ3) is 2.81. The molecule has 20 heavy (non-hydrogen) atoms. The highest BCUT2D eigenvalue weighted by atomic mass is 16.2. The highest BCUT2D eigenvalue weighted by molar-refractivity contribution is 6.06. The highest BCUT2D eigenvalue weighted by Gasteiger charge is 2.43. The minimum Gasteiger partial charge on any atom is -0.384 e. The maximum Gasteiger partial charge on any atom is 0.325 e. The summed E-state index contributed by atoms with van der Waals surface area (Å²) in [6, 6.07) is 6.86. The van der Waals surface area contributed by atoms with Crippen LogP contribution in [0.4, 0.5) is 4.79 Å². The molecule has 5 heteroatoms. The largest absolute Gasteiger partial charge is 0.384 e. The van der Waals surface area contributed by atoms with E-state index >= 15 is 0 Å². The van der Waals surface area contributed by atoms with Crippen LogP contribution in [-0.4, -0.2) is 34.1 Å². The Balaban J connectivity index is 2.18. The average molecular weight is 272 g/mol. The highest BCUT2D eigenvalue weighted by Crippen LogP contribution is 2.19. The number of rotatable bonds is 2. The van der Waals surface area contributed by atoms with Gasteiger partial charge in [-0.1, -0.05) is 24.0 Å². The molecular formula is C15H16N2O3. The monoisotopic (exact) mass is 272 g/mol. The SMILES string of the molecule is CC1(C)NC(=O)N(Cc2cccc(C#CCO)c2)C1=O. The van der Waals surface area contributed by atoms with Crippen LogP contribution in [0.2, 0.25) is 0 Å². The summed E-state index contributed by atoms with van der Waals surface area (Å²) < 4.78 is 0. The summed E-state index contributed by atoms with van der Waals surface area (Å²) in [7, 11) is 0. The number of hydrogen-bond donors (Lipinski definition) is 2. The average Bonchev–Trinajstić information content (AvgIpc) is 2.59. The van der Waals surface area contributed by atoms with Crippen LogP contribution in [0.25, 0.3) is 0 Å². The van der Waals surface area contributed by atoms with E-state index in [9.17, 15) is 9.59 Å². The molecule has 0 spiro atoms. The molecule has 5 nitrogen and oxygen atoms in total. The molecule has 0 unspecified atom stereocenters. The molecule has 1 aromatic rings. The summed E-state index contributed by atoms with van der Waals surface area (Å²) in [5, 5.41) is 11.3. The van der Waals surface area contributed by atoms with E-state index in [4.69, 9.17) is 5.11 Å². The number of hydrogen-bond acceptors (Lipinski definition) is 3. The molecule has 1 aliphatic heterocycles. The lowest BCUT2D eigenvalue weighted by Crippen LogP contribution is -2.40. The number of urea groups is 1. The number of nitrogens with zero attached hydrogens (tertiary/aromatic N) is 1. The first kappa shape index (κ1) is 14.1. The first-order valence-corrected chi connectivity index (χ1v) is 6.27. The lowest BCUT2D eigenvalue weighted by molar-refractivity contribution is -0.130. The summed E-state index contributed by atoms with van der Waals surface area (Å²) in [4.78, 5) is 25.1. The van der Waals surface area contributed by atoms with E-state index in [-0.39, 0.29) is 25.1 Å². The molecule has 1 heterocycles. The lowest BCUT2D eigenvalue weighted by atomic mass is 10.1. The fraction of sp³-hybridized carbons (Fsp3) is 0.333. The Morgan fingerprint density at radius 1 is 1.35 bits per heavy atom. The molecule has 0 aliphatic carbocycles. The number of carbonyl (C=O) groups is 2. The van der Waals surface area contributed by atoms with Gasteiger partial charge in [-0.3, -0.25) is 9.69 Å². The number of nitrogens with one attached hydrogen (secondary N) is 1. The molecule has 3 amide bonds. The van der Waals surface area contributed by atoms with Crippen LogP contribution in [0.15, 0.2) is 24.3 Å². The summed E-state index contributed by atoms with van der Waals surface area (Å²) >= 11 is 0. The van der Waals surface area contributed by atoms with E-state index in [0.717, 1.165) is 11.1 Å². The second-order valence-electron chi connectivity index (χ2n) is 5.11. The van der Waals surface area contributed by atoms with Gasteiger partial charge in [-0.25, -0.2) is 4.79 Å². The van der Waals surface area contributed by atoms with E-state index in [0.29, 0.717) is 0 Å². The Kier molecular flexibility index (Phi) is 3.77. The van der Waals surface area contributed by atoms with Gasteiger partial charge in [0.05, 0.1) is 6.54 Å². The van der Waals surface area contributed by atoms with Crippen LogP contribution >= 0.6 is 0 Å². The molecule has 0 radical (unpaired) electrons. The van der Waals surface area contributed by atoms with Gasteiger partial charge in [0, 0.05) is 5.56 Å². The summed E-state index contributed by atoms with van der Waals surface area (Å²) in [6.07, 6.45) is 0. The molecule has 0 aromatic heterocycles. The van der Waals surface area contributed by atoms with Gasteiger partial charge in [-0.05, 0) is 31.5 Å². The molecule has 1 fully saturated rings. The van der Waals surface area contributed by atoms with Gasteiger partial charge in [0.15, 0.2) is 0 Å². The zero-order chi connectivity index (χ0) is 14.8. The van der Waals surface area contributed by atoms with Crippen molar-refractivity contribution in [2.75, 3.05) is 6.61 Å². The molecular weight excluding hydrogens is 256 g/mol. The maximum absolute atomic E-state index is 12.1. The zero-order valence-electron chi connectivity index (χ0n) is 11.4. The molecule has 2 rings (SSSR count). The minimum absolute atomic E-state index is 0.203. The van der Waals surface area contributed by atoms with Crippen molar-refractivity contribution in [1.29, 1.82) is 0 Å². The normalized spacial score (nSPS) is 16.6. The Hall–Kier alpha value is -2.32. The first-order chi connectivity index (χ1) is 9.44. The van der Waals surface area contributed by atoms with Crippen LogP contribution in [0.5, 0.6) is 0 Å². The second kappa shape index (κ2) is 5.35. The van der Waals surface area contributed by atoms with Gasteiger partial charge in [0.2, 0.25) is 0 Å². The van der Waals surface area contributed by atoms with E-state index in [2.05, 4.69) is 17.2 Å². The van der Waals surface area contributed by atoms with Gasteiger partial charge in [-0.2, -0.15) is 0 Å². The van der Waals surface area contributed by atoms with Crippen molar-refractivity contribution in [3.8, 4) is 11.8 Å². The van der Waals surface area contributed by atoms with Gasteiger partial charge in [0.1, 0.15) is 12.1 Å². The minimum atomic E-state index is -0.856. The van der Waals surface area contributed by atoms with E-state index in [1.54, 1.807) is 26.0 Å². The molecule has 2 N–H and O–H groups in total. The molecule has 1 aliphatic rings. The van der Waals surface area contributed by atoms with Crippen LogP contribution < -0.4 is 5.32 Å². The van der Waals surface area contributed by atoms with Crippen molar-refractivity contribution in [1.82, 2.24) is 10.2 Å². The van der Waals surface area contributed by atoms with Crippen molar-refractivity contribution in [3.05, 3.63) is 35.4 Å². The Morgan fingerprint density at radius 2 is 2.10 bits per heavy atom. The zero-order valence-corrected chi connectivity index (χ0v) is 11.4. The molecule has 104 valence electrons. The maximum atomic E-state index is 12.1. The fourth-order valence-electron chi connectivity index (χ4n) is 2.03. The smallest absolute Gasteiger partial charge is 0.325 e. The van der Waals surface area contributed by atoms with Gasteiger partial charge >= 0.3 is 6.03 Å². The number of aliphatic hydroxyl groups is 1. The Morgan fingerprint density at radius 3 is 2.70 bits per heavy atom. The van der Waals surface area contributed by atoms with Crippen molar-refractivity contribution in [2.45, 2.75) is 25.9 Å². The number of aliphatic hydroxyl groups excluding tert-OH is 1. The quantitative estimate of drug-likeness (QED) is 0.620. The van der Waals surface area contributed by atoms with Crippen LogP contribution in [0, 0.1) is 11.8 Å². The van der Waals surface area contributed by atoms with Crippen molar-refractivity contribution in [2.24, 2.45) is 0 Å². The topological polar surface area (TPSA) is 69.6 Å². The molecule has 1 saturated heterocycles. The molecule has 0 atom stereocenters. The fourth-order valence-corrected chi connectivity index (χ4v) is 2.03. The van der Waals surface area contributed by atoms with Crippen molar-refractivity contribution < 1.29 is 14.7 Å². The standard InChI is InChI=1S/C15H16N2O3/c1-15(2)13(19)17(14(20)16-15)10-12-6-3-5-11(9-12)7-4-8-18/h3,5-6,9,18H,8,10H2,1-2H3,(H,16,20). The second-order valence-corrected chi connectivity index (χ2v) is 5.11. The van der Waals surface area contributed by atoms with Gasteiger partial charge in [-0.15, -0.1) is 0 Å². The number of carbonyl (C=O) groups excluding carboxylic acids is 2. The van der Waals surface area contributed by atoms with E-state index in [1.807, 2.05) is 12.1 Å². The van der Waals surface area contributed by atoms with Crippen LogP contribution in [0.1, 0.15) is 25.0 Å². The third-order valence-corrected chi connectivity index (χ3v) is 3.02. The molecule has 0 bridgehead atoms. The van der Waals surface area contributed by atoms with Crippen molar-refractivity contribution >= 4 is 11.9 Å². The Labute approximate surface area is 117 Å². The Bertz CT molecular complexity index is 611. The third-order valence-electron chi connectivity index (χ3n) is 3.02. The van der Waals surface area contributed by atoms with Crippen LogP contribution in [-0.2, 0) is 11.3 Å². The number of benzene rings is 1. The van der Waals surface area contributed by atoms with Crippen molar-refractivity contribution in [3.63, 3.8) is 0 Å². The van der Waals surface area contributed by atoms with E-state index < -0.39 is 5.54 Å². The summed E-state index contributed by atoms with van der Waals surface area (Å²) in [6.45, 7) is 3.36. The molecule has 0 saturated carbocycles.